The second-order valence-corrected chi connectivity index (χ2v) is 9.78. The van der Waals surface area contributed by atoms with Gasteiger partial charge in [0.25, 0.3) is 8.53 Å². The van der Waals surface area contributed by atoms with E-state index >= 15 is 0 Å². The lowest BCUT2D eigenvalue weighted by Gasteiger charge is -2.38. The van der Waals surface area contributed by atoms with E-state index in [1.807, 2.05) is 14.8 Å². The molecule has 5 atom stereocenters. The van der Waals surface area contributed by atoms with Gasteiger partial charge in [0.2, 0.25) is 0 Å². The summed E-state index contributed by atoms with van der Waals surface area (Å²) in [6.45, 7) is 11.8. The van der Waals surface area contributed by atoms with Gasteiger partial charge in [0.15, 0.2) is 6.79 Å². The molecule has 0 aliphatic carbocycles. The minimum Gasteiger partial charge on any atom is -0.438 e. The second kappa shape index (κ2) is 14.9. The Labute approximate surface area is 194 Å². The molecular formula is C21H38BN2O7P. The molecule has 9 nitrogen and oxygen atoms in total. The third-order valence-electron chi connectivity index (χ3n) is 4.98. The van der Waals surface area contributed by atoms with Gasteiger partial charge in [-0.3, -0.25) is 4.79 Å². The topological polar surface area (TPSA) is 107 Å². The Morgan fingerprint density at radius 3 is 2.38 bits per heavy atom. The molecule has 0 aromatic carbocycles. The maximum Gasteiger partial charge on any atom is 0.308 e. The van der Waals surface area contributed by atoms with Gasteiger partial charge >= 0.3 is 5.97 Å². The molecule has 0 saturated carbocycles. The molecule has 2 unspecified atom stereocenters. The number of rotatable bonds is 15. The van der Waals surface area contributed by atoms with E-state index in [4.69, 9.17) is 28.5 Å². The van der Waals surface area contributed by atoms with Crippen LogP contribution in [0.3, 0.4) is 0 Å². The summed E-state index contributed by atoms with van der Waals surface area (Å²) in [7, 11) is 0.431. The molecule has 182 valence electrons. The van der Waals surface area contributed by atoms with Crippen LogP contribution in [0.1, 0.15) is 67.2 Å². The molecule has 1 rings (SSSR count). The van der Waals surface area contributed by atoms with Crippen molar-refractivity contribution in [3.05, 3.63) is 0 Å². The van der Waals surface area contributed by atoms with E-state index in [0.717, 1.165) is 6.42 Å². The van der Waals surface area contributed by atoms with Crippen LogP contribution in [0, 0.1) is 11.3 Å². The third kappa shape index (κ3) is 9.42. The van der Waals surface area contributed by atoms with Gasteiger partial charge in [-0.15, -0.1) is 0 Å². The summed E-state index contributed by atoms with van der Waals surface area (Å²) in [6.07, 6.45) is 0.105. The van der Waals surface area contributed by atoms with E-state index in [9.17, 15) is 9.59 Å². The van der Waals surface area contributed by atoms with Gasteiger partial charge in [-0.2, -0.15) is 5.26 Å². The van der Waals surface area contributed by atoms with E-state index in [-0.39, 0.29) is 62.6 Å². The average Bonchev–Trinajstić information content (AvgIpc) is 3.00. The molecular weight excluding hydrogens is 434 g/mol. The zero-order valence-electron chi connectivity index (χ0n) is 20.4. The largest absolute Gasteiger partial charge is 0.438 e. The maximum absolute atomic E-state index is 11.8. The van der Waals surface area contributed by atoms with E-state index in [1.54, 1.807) is 0 Å². The summed E-state index contributed by atoms with van der Waals surface area (Å²) in [4.78, 5) is 22.8. The number of nitriles is 1. The molecule has 0 N–H and O–H groups in total. The number of nitrogens with zero attached hydrogens (tertiary/aromatic N) is 2. The summed E-state index contributed by atoms with van der Waals surface area (Å²) in [5.74, 6) is -0.547. The van der Waals surface area contributed by atoms with Crippen molar-refractivity contribution in [2.24, 2.45) is 0 Å². The zero-order chi connectivity index (χ0) is 24.3. The summed E-state index contributed by atoms with van der Waals surface area (Å²) < 4.78 is 31.7. The Morgan fingerprint density at radius 1 is 1.19 bits per heavy atom. The van der Waals surface area contributed by atoms with Gasteiger partial charge in [-0.05, 0) is 41.0 Å². The number of carbonyl (C=O) groups is 2. The number of hydrogen-bond acceptors (Lipinski definition) is 9. The van der Waals surface area contributed by atoms with E-state index < -0.39 is 26.7 Å². The van der Waals surface area contributed by atoms with Crippen LogP contribution >= 0.6 is 8.53 Å². The van der Waals surface area contributed by atoms with Crippen LogP contribution in [0.25, 0.3) is 0 Å². The fourth-order valence-corrected chi connectivity index (χ4v) is 5.29. The van der Waals surface area contributed by atoms with Crippen LogP contribution in [0.5, 0.6) is 0 Å². The normalized spacial score (nSPS) is 24.1. The number of Topliss-reactive ketones (excluding diaryl/α,β-unsaturated/α-hetero) is 1. The Kier molecular flexibility index (Phi) is 13.5. The first-order valence-electron chi connectivity index (χ1n) is 11.3. The predicted molar refractivity (Wildman–Crippen MR) is 123 cm³/mol. The molecule has 0 aromatic heterocycles. The van der Waals surface area contributed by atoms with Crippen molar-refractivity contribution in [2.45, 2.75) is 104 Å². The first-order chi connectivity index (χ1) is 15.1. The molecule has 11 heteroatoms. The number of carbonyl (C=O) groups excluding carboxylic acids is 2. The molecule has 1 aliphatic heterocycles. The highest BCUT2D eigenvalue weighted by Gasteiger charge is 2.46. The van der Waals surface area contributed by atoms with Crippen LogP contribution in [0.4, 0.5) is 0 Å². The fraction of sp³-hybridized carbons (Fsp3) is 0.857. The van der Waals surface area contributed by atoms with Crippen molar-refractivity contribution >= 4 is 28.1 Å². The molecule has 1 aliphatic rings. The monoisotopic (exact) mass is 472 g/mol. The lowest BCUT2D eigenvalue weighted by atomic mass is 9.92. The summed E-state index contributed by atoms with van der Waals surface area (Å²) in [5.41, 5.74) is 0. The van der Waals surface area contributed by atoms with Crippen LogP contribution in [-0.2, 0) is 32.8 Å². The minimum absolute atomic E-state index is 0.0305. The van der Waals surface area contributed by atoms with Crippen molar-refractivity contribution < 1.29 is 32.8 Å². The number of ketones is 1. The minimum atomic E-state index is -1.47. The highest BCUT2D eigenvalue weighted by Crippen LogP contribution is 2.49. The van der Waals surface area contributed by atoms with Crippen molar-refractivity contribution in [3.8, 4) is 6.07 Å². The lowest BCUT2D eigenvalue weighted by Crippen LogP contribution is -2.41. The van der Waals surface area contributed by atoms with Crippen LogP contribution in [0.2, 0.25) is 0 Å². The van der Waals surface area contributed by atoms with Gasteiger partial charge in [0.1, 0.15) is 25.8 Å². The predicted octanol–water partition coefficient (Wildman–Crippen LogP) is 2.67. The van der Waals surface area contributed by atoms with Crippen molar-refractivity contribution in [3.63, 3.8) is 0 Å². The van der Waals surface area contributed by atoms with Crippen molar-refractivity contribution in [1.29, 1.82) is 5.26 Å². The van der Waals surface area contributed by atoms with Crippen molar-refractivity contribution in [2.75, 3.05) is 13.4 Å². The molecule has 0 amide bonds. The maximum atomic E-state index is 11.8. The molecule has 1 fully saturated rings. The van der Waals surface area contributed by atoms with Gasteiger partial charge < -0.3 is 28.1 Å². The Hall–Kier alpha value is -1.08. The first-order valence-corrected chi connectivity index (χ1v) is 12.4. The van der Waals surface area contributed by atoms with E-state index in [2.05, 4.69) is 38.4 Å². The van der Waals surface area contributed by atoms with Gasteiger partial charge in [0.05, 0.1) is 37.6 Å². The second-order valence-electron chi connectivity index (χ2n) is 8.37. The number of esters is 1. The lowest BCUT2D eigenvalue weighted by molar-refractivity contribution is -0.165. The Balaban J connectivity index is 2.88. The Bertz CT molecular complexity index is 624. The molecule has 1 saturated heterocycles. The molecule has 0 radical (unpaired) electrons. The molecule has 0 bridgehead atoms. The van der Waals surface area contributed by atoms with Crippen LogP contribution in [0.15, 0.2) is 0 Å². The standard InChI is InChI=1S/C21H38BN2O7P/c1-7-17-19(31-32(29-12-8-11-23)24(14(2)3)15(4)5)20(21(22)30-17)28-13-27-18(26)10-9-16(6)25/h14-15,17,19-21H,7-10,12-13,22H2,1-6H3/t17-,19?,20+,21-,32?/m1/s1. The smallest absolute Gasteiger partial charge is 0.308 e. The molecule has 0 aromatic rings. The molecule has 32 heavy (non-hydrogen) atoms. The summed E-state index contributed by atoms with van der Waals surface area (Å²) in [6, 6.07) is 2.18. The van der Waals surface area contributed by atoms with E-state index in [0.29, 0.717) is 0 Å². The SMILES string of the molecule is B[C@@H]1O[C@H](CC)C(OP(OCCC#N)N(C(C)C)C(C)C)[C@@H]1OCOC(=O)CCC(C)=O. The highest BCUT2D eigenvalue weighted by molar-refractivity contribution is 7.44. The van der Waals surface area contributed by atoms with Crippen LogP contribution in [-0.4, -0.2) is 74.1 Å². The highest BCUT2D eigenvalue weighted by atomic mass is 31.2. The summed E-state index contributed by atoms with van der Waals surface area (Å²) >= 11 is 0. The van der Waals surface area contributed by atoms with Gasteiger partial charge in [-0.1, -0.05) is 6.92 Å². The molecule has 1 heterocycles. The Morgan fingerprint density at radius 2 is 1.84 bits per heavy atom. The molecule has 0 spiro atoms. The van der Waals surface area contributed by atoms with Gasteiger partial charge in [0, 0.05) is 18.5 Å². The third-order valence-corrected chi connectivity index (χ3v) is 7.11. The summed E-state index contributed by atoms with van der Waals surface area (Å²) in [5, 5.41) is 8.91. The van der Waals surface area contributed by atoms with Crippen LogP contribution < -0.4 is 0 Å². The fourth-order valence-electron chi connectivity index (χ4n) is 3.52. The number of hydrogen-bond donors (Lipinski definition) is 0. The number of ether oxygens (including phenoxy) is 3. The van der Waals surface area contributed by atoms with Crippen molar-refractivity contribution in [1.82, 2.24) is 4.67 Å². The quantitative estimate of drug-likeness (QED) is 0.117. The first kappa shape index (κ1) is 29.0. The van der Waals surface area contributed by atoms with Gasteiger partial charge in [-0.25, -0.2) is 4.67 Å². The zero-order valence-corrected chi connectivity index (χ0v) is 21.3. The van der Waals surface area contributed by atoms with E-state index in [1.165, 1.54) is 6.92 Å². The average molecular weight is 472 g/mol.